The van der Waals surface area contributed by atoms with Crippen molar-refractivity contribution < 1.29 is 9.18 Å². The molecule has 76 valence electrons. The van der Waals surface area contributed by atoms with Gasteiger partial charge in [-0.15, -0.1) is 0 Å². The topological polar surface area (TPSA) is 55.1 Å². The molecular formula is C10H13FN2O. The highest BCUT2D eigenvalue weighted by Gasteiger charge is 1.99. The van der Waals surface area contributed by atoms with E-state index < -0.39 is 5.91 Å². The van der Waals surface area contributed by atoms with Gasteiger partial charge in [-0.2, -0.15) is 0 Å². The van der Waals surface area contributed by atoms with E-state index in [-0.39, 0.29) is 12.4 Å². The lowest BCUT2D eigenvalue weighted by Gasteiger charge is -2.03. The molecule has 0 unspecified atom stereocenters. The number of hydrogen-bond acceptors (Lipinski definition) is 2. The van der Waals surface area contributed by atoms with Crippen LogP contribution in [0.3, 0.4) is 0 Å². The minimum absolute atomic E-state index is 0.107. The first-order chi connectivity index (χ1) is 6.59. The molecule has 0 saturated carbocycles. The number of hydrogen-bond donors (Lipinski definition) is 2. The van der Waals surface area contributed by atoms with Gasteiger partial charge in [0.05, 0.1) is 6.54 Å². The molecule has 0 aliphatic carbocycles. The summed E-state index contributed by atoms with van der Waals surface area (Å²) in [6, 6.07) is 4.96. The van der Waals surface area contributed by atoms with Crippen molar-refractivity contribution in [2.75, 3.05) is 6.54 Å². The van der Waals surface area contributed by atoms with Crippen molar-refractivity contribution in [3.05, 3.63) is 35.1 Å². The molecule has 0 atom stereocenters. The van der Waals surface area contributed by atoms with Crippen molar-refractivity contribution in [1.29, 1.82) is 0 Å². The molecule has 4 heteroatoms. The van der Waals surface area contributed by atoms with Crippen LogP contribution in [0.2, 0.25) is 0 Å². The third-order valence-electron chi connectivity index (χ3n) is 1.86. The van der Waals surface area contributed by atoms with Gasteiger partial charge in [0.25, 0.3) is 0 Å². The lowest BCUT2D eigenvalue weighted by atomic mass is 10.1. The Morgan fingerprint density at radius 2 is 2.29 bits per heavy atom. The van der Waals surface area contributed by atoms with Crippen molar-refractivity contribution in [2.45, 2.75) is 13.5 Å². The van der Waals surface area contributed by atoms with E-state index in [0.29, 0.717) is 12.1 Å². The Bertz CT molecular complexity index is 339. The molecule has 1 amide bonds. The van der Waals surface area contributed by atoms with E-state index in [4.69, 9.17) is 5.73 Å². The molecule has 0 fully saturated rings. The second-order valence-corrected chi connectivity index (χ2v) is 3.15. The van der Waals surface area contributed by atoms with E-state index in [1.54, 1.807) is 13.0 Å². The van der Waals surface area contributed by atoms with Gasteiger partial charge in [-0.3, -0.25) is 4.79 Å². The Labute approximate surface area is 82.1 Å². The van der Waals surface area contributed by atoms with Crippen molar-refractivity contribution >= 4 is 5.91 Å². The van der Waals surface area contributed by atoms with E-state index in [9.17, 15) is 9.18 Å². The maximum absolute atomic E-state index is 13.0. The maximum Gasteiger partial charge on any atom is 0.231 e. The molecule has 1 aromatic carbocycles. The monoisotopic (exact) mass is 196 g/mol. The van der Waals surface area contributed by atoms with Crippen LogP contribution >= 0.6 is 0 Å². The fourth-order valence-corrected chi connectivity index (χ4v) is 1.08. The number of nitrogens with one attached hydrogen (secondary N) is 1. The SMILES string of the molecule is Cc1ccc(CNCC(N)=O)cc1F. The number of amides is 1. The number of rotatable bonds is 4. The Morgan fingerprint density at radius 1 is 1.57 bits per heavy atom. The van der Waals surface area contributed by atoms with Gasteiger partial charge in [-0.25, -0.2) is 4.39 Å². The molecule has 3 N–H and O–H groups in total. The Balaban J connectivity index is 2.51. The summed E-state index contributed by atoms with van der Waals surface area (Å²) in [5, 5.41) is 2.81. The smallest absolute Gasteiger partial charge is 0.231 e. The lowest BCUT2D eigenvalue weighted by Crippen LogP contribution is -2.28. The number of nitrogens with two attached hydrogens (primary N) is 1. The van der Waals surface area contributed by atoms with E-state index in [2.05, 4.69) is 5.32 Å². The lowest BCUT2D eigenvalue weighted by molar-refractivity contribution is -0.117. The van der Waals surface area contributed by atoms with Gasteiger partial charge in [0.15, 0.2) is 0 Å². The van der Waals surface area contributed by atoms with E-state index in [1.165, 1.54) is 6.07 Å². The molecule has 1 rings (SSSR count). The first-order valence-electron chi connectivity index (χ1n) is 4.33. The van der Waals surface area contributed by atoms with Crippen LogP contribution in [0, 0.1) is 12.7 Å². The molecule has 0 radical (unpaired) electrons. The van der Waals surface area contributed by atoms with Crippen LogP contribution in [0.1, 0.15) is 11.1 Å². The number of benzene rings is 1. The minimum Gasteiger partial charge on any atom is -0.369 e. The molecular weight excluding hydrogens is 183 g/mol. The minimum atomic E-state index is -0.419. The maximum atomic E-state index is 13.0. The van der Waals surface area contributed by atoms with E-state index >= 15 is 0 Å². The molecule has 0 aliphatic rings. The van der Waals surface area contributed by atoms with Gasteiger partial charge in [0.1, 0.15) is 5.82 Å². The predicted octanol–water partition coefficient (Wildman–Crippen LogP) is 0.709. The second kappa shape index (κ2) is 4.72. The highest BCUT2D eigenvalue weighted by atomic mass is 19.1. The molecule has 14 heavy (non-hydrogen) atoms. The fourth-order valence-electron chi connectivity index (χ4n) is 1.08. The van der Waals surface area contributed by atoms with Gasteiger partial charge in [-0.1, -0.05) is 12.1 Å². The molecule has 3 nitrogen and oxygen atoms in total. The highest BCUT2D eigenvalue weighted by molar-refractivity contribution is 5.75. The van der Waals surface area contributed by atoms with E-state index in [0.717, 1.165) is 5.56 Å². The zero-order valence-corrected chi connectivity index (χ0v) is 8.01. The average Bonchev–Trinajstić information content (AvgIpc) is 2.10. The second-order valence-electron chi connectivity index (χ2n) is 3.15. The van der Waals surface area contributed by atoms with Crippen LogP contribution in [0.4, 0.5) is 4.39 Å². The molecule has 1 aromatic rings. The van der Waals surface area contributed by atoms with E-state index in [1.807, 2.05) is 6.07 Å². The summed E-state index contributed by atoms with van der Waals surface area (Å²) in [7, 11) is 0. The predicted molar refractivity (Wildman–Crippen MR) is 52.0 cm³/mol. The van der Waals surface area contributed by atoms with Gasteiger partial charge >= 0.3 is 0 Å². The van der Waals surface area contributed by atoms with Crippen LogP contribution < -0.4 is 11.1 Å². The van der Waals surface area contributed by atoms with Crippen molar-refractivity contribution in [1.82, 2.24) is 5.32 Å². The first-order valence-corrected chi connectivity index (χ1v) is 4.33. The number of aryl methyl sites for hydroxylation is 1. The summed E-state index contributed by atoms with van der Waals surface area (Å²) in [5.74, 6) is -0.652. The Hall–Kier alpha value is -1.42. The quantitative estimate of drug-likeness (QED) is 0.745. The summed E-state index contributed by atoms with van der Waals surface area (Å²) in [6.07, 6.45) is 0. The molecule has 0 aromatic heterocycles. The summed E-state index contributed by atoms with van der Waals surface area (Å²) < 4.78 is 13.0. The van der Waals surface area contributed by atoms with Crippen LogP contribution in [-0.2, 0) is 11.3 Å². The van der Waals surface area contributed by atoms with Crippen LogP contribution in [0.15, 0.2) is 18.2 Å². The Morgan fingerprint density at radius 3 is 2.86 bits per heavy atom. The van der Waals surface area contributed by atoms with Crippen LogP contribution in [0.25, 0.3) is 0 Å². The summed E-state index contributed by atoms with van der Waals surface area (Å²) in [4.78, 5) is 10.4. The Kier molecular flexibility index (Phi) is 3.59. The largest absolute Gasteiger partial charge is 0.369 e. The molecule has 0 aliphatic heterocycles. The fraction of sp³-hybridized carbons (Fsp3) is 0.300. The van der Waals surface area contributed by atoms with Gasteiger partial charge in [-0.05, 0) is 24.1 Å². The standard InChI is InChI=1S/C10H13FN2O/c1-7-2-3-8(4-9(7)11)5-13-6-10(12)14/h2-4,13H,5-6H2,1H3,(H2,12,14). The first kappa shape index (κ1) is 10.7. The van der Waals surface area contributed by atoms with Gasteiger partial charge in [0.2, 0.25) is 5.91 Å². The number of carbonyl (C=O) groups is 1. The summed E-state index contributed by atoms with van der Waals surface area (Å²) in [5.41, 5.74) is 6.35. The van der Waals surface area contributed by atoms with Gasteiger partial charge < -0.3 is 11.1 Å². The zero-order valence-electron chi connectivity index (χ0n) is 8.01. The highest BCUT2D eigenvalue weighted by Crippen LogP contribution is 2.08. The summed E-state index contributed by atoms with van der Waals surface area (Å²) >= 11 is 0. The van der Waals surface area contributed by atoms with Crippen LogP contribution in [0.5, 0.6) is 0 Å². The third kappa shape index (κ3) is 3.14. The number of halogens is 1. The van der Waals surface area contributed by atoms with Gasteiger partial charge in [0, 0.05) is 6.54 Å². The number of carbonyl (C=O) groups excluding carboxylic acids is 1. The number of primary amides is 1. The molecule has 0 spiro atoms. The summed E-state index contributed by atoms with van der Waals surface area (Å²) in [6.45, 7) is 2.26. The van der Waals surface area contributed by atoms with Crippen molar-refractivity contribution in [3.63, 3.8) is 0 Å². The van der Waals surface area contributed by atoms with Crippen molar-refractivity contribution in [3.8, 4) is 0 Å². The average molecular weight is 196 g/mol. The van der Waals surface area contributed by atoms with Crippen molar-refractivity contribution in [2.24, 2.45) is 5.73 Å². The molecule has 0 bridgehead atoms. The zero-order chi connectivity index (χ0) is 10.6. The third-order valence-corrected chi connectivity index (χ3v) is 1.86. The normalized spacial score (nSPS) is 10.1. The molecule has 0 saturated heterocycles. The van der Waals surface area contributed by atoms with Crippen LogP contribution in [-0.4, -0.2) is 12.5 Å². The molecule has 0 heterocycles.